The van der Waals surface area contributed by atoms with Gasteiger partial charge in [-0.25, -0.2) is 5.01 Å². The Hall–Kier alpha value is -2.26. The smallest absolute Gasteiger partial charge is 0.262 e. The second kappa shape index (κ2) is 10.6. The molecule has 32 heavy (non-hydrogen) atoms. The van der Waals surface area contributed by atoms with Crippen LogP contribution in [0, 0.1) is 0 Å². The van der Waals surface area contributed by atoms with E-state index in [-0.39, 0.29) is 24.4 Å². The van der Waals surface area contributed by atoms with E-state index in [2.05, 4.69) is 10.0 Å². The van der Waals surface area contributed by atoms with E-state index in [0.717, 1.165) is 35.8 Å². The molecule has 1 aromatic heterocycles. The van der Waals surface area contributed by atoms with Crippen LogP contribution in [0.3, 0.4) is 0 Å². The topological polar surface area (TPSA) is 65.5 Å². The summed E-state index contributed by atoms with van der Waals surface area (Å²) in [6, 6.07) is 11.3. The van der Waals surface area contributed by atoms with Gasteiger partial charge in [0.1, 0.15) is 6.54 Å². The average Bonchev–Trinajstić information content (AvgIpc) is 3.48. The van der Waals surface area contributed by atoms with Crippen LogP contribution in [0.5, 0.6) is 0 Å². The van der Waals surface area contributed by atoms with Crippen LogP contribution in [0.2, 0.25) is 5.02 Å². The summed E-state index contributed by atoms with van der Waals surface area (Å²) in [5, 5.41) is 8.88. The molecule has 2 aliphatic heterocycles. The molecule has 2 aliphatic rings. The number of thiophene rings is 1. The Kier molecular flexibility index (Phi) is 7.57. The number of morpholine rings is 1. The van der Waals surface area contributed by atoms with Gasteiger partial charge in [0, 0.05) is 44.5 Å². The quantitative estimate of drug-likeness (QED) is 0.617. The van der Waals surface area contributed by atoms with Crippen molar-refractivity contribution in [1.82, 2.24) is 14.8 Å². The van der Waals surface area contributed by atoms with Crippen LogP contribution in [0.25, 0.3) is 0 Å². The Morgan fingerprint density at radius 1 is 1.22 bits per heavy atom. The number of nitrogens with zero attached hydrogens (tertiary/aromatic N) is 4. The minimum absolute atomic E-state index is 0.00494. The number of hydrogen-bond acceptors (Lipinski definition) is 6. The molecule has 0 radical (unpaired) electrons. The lowest BCUT2D eigenvalue weighted by Gasteiger charge is -2.30. The molecule has 2 amide bonds. The molecule has 2 aromatic rings. The first-order valence-corrected chi connectivity index (χ1v) is 12.0. The fraction of sp³-hybridized carbons (Fsp3) is 0.435. The van der Waals surface area contributed by atoms with Crippen molar-refractivity contribution in [2.45, 2.75) is 19.4 Å². The van der Waals surface area contributed by atoms with Crippen LogP contribution >= 0.6 is 22.9 Å². The highest BCUT2D eigenvalue weighted by Crippen LogP contribution is 2.34. The normalized spacial score (nSPS) is 19.1. The highest BCUT2D eigenvalue weighted by atomic mass is 35.5. The first-order valence-electron chi connectivity index (χ1n) is 10.8. The molecule has 0 aliphatic carbocycles. The third-order valence-electron chi connectivity index (χ3n) is 5.79. The molecular formula is C23H27ClN4O3S. The highest BCUT2D eigenvalue weighted by Gasteiger charge is 2.34. The molecule has 1 atom stereocenters. The Morgan fingerprint density at radius 3 is 2.62 bits per heavy atom. The zero-order valence-electron chi connectivity index (χ0n) is 18.1. The molecule has 1 saturated heterocycles. The number of carbonyl (C=O) groups excluding carboxylic acids is 2. The van der Waals surface area contributed by atoms with Crippen LogP contribution in [0.1, 0.15) is 29.8 Å². The molecule has 0 unspecified atom stereocenters. The van der Waals surface area contributed by atoms with Crippen molar-refractivity contribution in [3.8, 4) is 0 Å². The van der Waals surface area contributed by atoms with Gasteiger partial charge in [-0.05, 0) is 29.1 Å². The fourth-order valence-corrected chi connectivity index (χ4v) is 4.79. The van der Waals surface area contributed by atoms with Crippen LogP contribution in [0.15, 0.2) is 46.9 Å². The summed E-state index contributed by atoms with van der Waals surface area (Å²) in [6.45, 7) is 5.84. The predicted molar refractivity (Wildman–Crippen MR) is 126 cm³/mol. The molecule has 9 heteroatoms. The molecule has 0 spiro atoms. The van der Waals surface area contributed by atoms with Crippen molar-refractivity contribution in [3.63, 3.8) is 0 Å². The molecule has 0 saturated carbocycles. The van der Waals surface area contributed by atoms with Crippen molar-refractivity contribution in [2.24, 2.45) is 5.10 Å². The second-order valence-corrected chi connectivity index (χ2v) is 9.31. The van der Waals surface area contributed by atoms with Crippen molar-refractivity contribution >= 4 is 40.5 Å². The number of hydrogen-bond donors (Lipinski definition) is 0. The van der Waals surface area contributed by atoms with E-state index < -0.39 is 0 Å². The zero-order valence-corrected chi connectivity index (χ0v) is 19.6. The van der Waals surface area contributed by atoms with Crippen LogP contribution in [-0.2, 0) is 14.3 Å². The molecular weight excluding hydrogens is 448 g/mol. The van der Waals surface area contributed by atoms with Gasteiger partial charge in [0.2, 0.25) is 5.91 Å². The van der Waals surface area contributed by atoms with E-state index in [1.165, 1.54) is 6.92 Å². The maximum atomic E-state index is 13.3. The molecule has 7 nitrogen and oxygen atoms in total. The number of ether oxygens (including phenoxy) is 1. The lowest BCUT2D eigenvalue weighted by Crippen LogP contribution is -2.45. The van der Waals surface area contributed by atoms with Crippen molar-refractivity contribution in [2.75, 3.05) is 45.9 Å². The Balaban J connectivity index is 1.49. The maximum Gasteiger partial charge on any atom is 0.262 e. The standard InChI is InChI=1S/C23H27ClN4O3S/c1-17(29)27(9-8-26-10-12-31-13-11-26)16-23(30)28-21(18-4-6-19(24)7-5-18)15-20(25-28)22-3-2-14-32-22/h2-7,14,21H,8-13,15-16H2,1H3/t21-/m1/s1. The summed E-state index contributed by atoms with van der Waals surface area (Å²) in [6.07, 6.45) is 0.627. The van der Waals surface area contributed by atoms with Gasteiger partial charge in [-0.3, -0.25) is 14.5 Å². The summed E-state index contributed by atoms with van der Waals surface area (Å²) in [5.74, 6) is -0.301. The third kappa shape index (κ3) is 5.56. The summed E-state index contributed by atoms with van der Waals surface area (Å²) >= 11 is 7.67. The van der Waals surface area contributed by atoms with Crippen molar-refractivity contribution in [3.05, 3.63) is 57.2 Å². The summed E-state index contributed by atoms with van der Waals surface area (Å²) < 4.78 is 5.38. The van der Waals surface area contributed by atoms with E-state index in [0.29, 0.717) is 31.2 Å². The van der Waals surface area contributed by atoms with Gasteiger partial charge < -0.3 is 9.64 Å². The molecule has 0 bridgehead atoms. The summed E-state index contributed by atoms with van der Waals surface area (Å²) in [7, 11) is 0. The summed E-state index contributed by atoms with van der Waals surface area (Å²) in [4.78, 5) is 30.5. The third-order valence-corrected chi connectivity index (χ3v) is 6.96. The Labute approximate surface area is 197 Å². The Morgan fingerprint density at radius 2 is 1.97 bits per heavy atom. The average molecular weight is 475 g/mol. The first kappa shape index (κ1) is 22.9. The van der Waals surface area contributed by atoms with Gasteiger partial charge in [0.25, 0.3) is 5.91 Å². The number of benzene rings is 1. The number of carbonyl (C=O) groups is 2. The van der Waals surface area contributed by atoms with Gasteiger partial charge in [0.05, 0.1) is 29.8 Å². The molecule has 3 heterocycles. The minimum Gasteiger partial charge on any atom is -0.379 e. The van der Waals surface area contributed by atoms with Crippen molar-refractivity contribution < 1.29 is 14.3 Å². The zero-order chi connectivity index (χ0) is 22.5. The van der Waals surface area contributed by atoms with E-state index in [9.17, 15) is 9.59 Å². The molecule has 170 valence electrons. The van der Waals surface area contributed by atoms with Gasteiger partial charge in [-0.1, -0.05) is 29.8 Å². The van der Waals surface area contributed by atoms with E-state index in [1.54, 1.807) is 21.2 Å². The van der Waals surface area contributed by atoms with E-state index in [1.807, 2.05) is 41.8 Å². The van der Waals surface area contributed by atoms with E-state index in [4.69, 9.17) is 16.3 Å². The predicted octanol–water partition coefficient (Wildman–Crippen LogP) is 3.26. The van der Waals surface area contributed by atoms with Gasteiger partial charge in [-0.15, -0.1) is 11.3 Å². The lowest BCUT2D eigenvalue weighted by molar-refractivity contribution is -0.140. The number of hydrazone groups is 1. The van der Waals surface area contributed by atoms with Gasteiger partial charge in [-0.2, -0.15) is 5.10 Å². The fourth-order valence-electron chi connectivity index (χ4n) is 3.95. The number of halogens is 1. The monoisotopic (exact) mass is 474 g/mol. The molecule has 0 N–H and O–H groups in total. The number of amides is 2. The molecule has 1 aromatic carbocycles. The van der Waals surface area contributed by atoms with Crippen LogP contribution < -0.4 is 0 Å². The van der Waals surface area contributed by atoms with Crippen LogP contribution in [0.4, 0.5) is 0 Å². The second-order valence-electron chi connectivity index (χ2n) is 7.93. The van der Waals surface area contributed by atoms with Gasteiger partial charge in [0.15, 0.2) is 0 Å². The highest BCUT2D eigenvalue weighted by molar-refractivity contribution is 7.12. The van der Waals surface area contributed by atoms with Crippen LogP contribution in [-0.4, -0.2) is 78.3 Å². The largest absolute Gasteiger partial charge is 0.379 e. The first-order chi connectivity index (χ1) is 15.5. The maximum absolute atomic E-state index is 13.3. The minimum atomic E-state index is -0.218. The van der Waals surface area contributed by atoms with Gasteiger partial charge >= 0.3 is 0 Å². The van der Waals surface area contributed by atoms with E-state index >= 15 is 0 Å². The number of rotatable bonds is 7. The SMILES string of the molecule is CC(=O)N(CCN1CCOCC1)CC(=O)N1N=C(c2cccs2)C[C@@H]1c1ccc(Cl)cc1. The molecule has 1 fully saturated rings. The van der Waals surface area contributed by atoms with Crippen molar-refractivity contribution in [1.29, 1.82) is 0 Å². The Bertz CT molecular complexity index is 958. The summed E-state index contributed by atoms with van der Waals surface area (Å²) in [5.41, 5.74) is 1.86. The lowest BCUT2D eigenvalue weighted by atomic mass is 10.0. The molecule has 4 rings (SSSR count).